The van der Waals surface area contributed by atoms with Crippen LogP contribution in [0, 0.1) is 0 Å². The molecule has 0 saturated heterocycles. The third kappa shape index (κ3) is 6.39. The Kier molecular flexibility index (Phi) is 6.30. The molecule has 1 aliphatic rings. The Labute approximate surface area is 135 Å². The number of aliphatic hydroxyl groups is 1. The van der Waals surface area contributed by atoms with Gasteiger partial charge >= 0.3 is 6.36 Å². The molecule has 1 aliphatic carbocycles. The van der Waals surface area contributed by atoms with Crippen LogP contribution in [0.25, 0.3) is 0 Å². The number of benzene rings is 1. The zero-order valence-corrected chi connectivity index (χ0v) is 13.4. The Bertz CT molecular complexity index is 468. The monoisotopic (exact) mass is 331 g/mol. The summed E-state index contributed by atoms with van der Waals surface area (Å²) in [5.74, 6) is -0.207. The van der Waals surface area contributed by atoms with Crippen molar-refractivity contribution in [3.05, 3.63) is 29.8 Å². The van der Waals surface area contributed by atoms with E-state index in [1.165, 1.54) is 31.4 Å². The van der Waals surface area contributed by atoms with Gasteiger partial charge < -0.3 is 9.84 Å². The third-order valence-electron chi connectivity index (χ3n) is 4.13. The van der Waals surface area contributed by atoms with Gasteiger partial charge in [0.05, 0.1) is 6.10 Å². The number of hydrogen-bond acceptors (Lipinski definition) is 3. The summed E-state index contributed by atoms with van der Waals surface area (Å²) in [6.45, 7) is 2.96. The Morgan fingerprint density at radius 1 is 1.17 bits per heavy atom. The van der Waals surface area contributed by atoms with E-state index in [4.69, 9.17) is 0 Å². The maximum Gasteiger partial charge on any atom is 0.573 e. The molecule has 0 heterocycles. The van der Waals surface area contributed by atoms with Crippen LogP contribution >= 0.6 is 0 Å². The van der Waals surface area contributed by atoms with Crippen molar-refractivity contribution in [3.63, 3.8) is 0 Å². The minimum Gasteiger partial charge on any atom is -0.406 e. The average molecular weight is 331 g/mol. The SMILES string of the molecule is CC(O)CN(Cc1ccc(OC(F)(F)F)cc1)C1CCCCC1. The summed E-state index contributed by atoms with van der Waals surface area (Å²) >= 11 is 0. The molecule has 0 aliphatic heterocycles. The first-order valence-electron chi connectivity index (χ1n) is 8.10. The highest BCUT2D eigenvalue weighted by Gasteiger charge is 2.31. The molecule has 130 valence electrons. The molecule has 0 amide bonds. The molecule has 0 radical (unpaired) electrons. The van der Waals surface area contributed by atoms with Gasteiger partial charge in [0.1, 0.15) is 5.75 Å². The molecule has 1 atom stereocenters. The van der Waals surface area contributed by atoms with Gasteiger partial charge in [-0.1, -0.05) is 31.4 Å². The van der Waals surface area contributed by atoms with Crippen LogP contribution in [0.3, 0.4) is 0 Å². The van der Waals surface area contributed by atoms with Gasteiger partial charge in [-0.25, -0.2) is 0 Å². The van der Waals surface area contributed by atoms with Gasteiger partial charge in [-0.2, -0.15) is 0 Å². The summed E-state index contributed by atoms with van der Waals surface area (Å²) in [6.07, 6.45) is 0.775. The molecule has 23 heavy (non-hydrogen) atoms. The first-order chi connectivity index (χ1) is 10.8. The normalized spacial score (nSPS) is 18.2. The van der Waals surface area contributed by atoms with Crippen molar-refractivity contribution < 1.29 is 23.0 Å². The van der Waals surface area contributed by atoms with Crippen LogP contribution < -0.4 is 4.74 Å². The molecule has 0 aromatic heterocycles. The second-order valence-electron chi connectivity index (χ2n) is 6.26. The van der Waals surface area contributed by atoms with Crippen LogP contribution in [0.2, 0.25) is 0 Å². The fourth-order valence-corrected chi connectivity index (χ4v) is 3.16. The first kappa shape index (κ1) is 18.1. The maximum atomic E-state index is 12.2. The first-order valence-corrected chi connectivity index (χ1v) is 8.10. The Balaban J connectivity index is 2.00. The molecule has 1 saturated carbocycles. The molecular formula is C17H24F3NO2. The van der Waals surface area contributed by atoms with E-state index >= 15 is 0 Å². The molecule has 1 fully saturated rings. The standard InChI is InChI=1S/C17H24F3NO2/c1-13(22)11-21(15-5-3-2-4-6-15)12-14-7-9-16(10-8-14)23-17(18,19)20/h7-10,13,15,22H,2-6,11-12H2,1H3. The van der Waals surface area contributed by atoms with Crippen LogP contribution in [0.4, 0.5) is 13.2 Å². The zero-order chi connectivity index (χ0) is 16.9. The van der Waals surface area contributed by atoms with Crippen molar-refractivity contribution in [3.8, 4) is 5.75 Å². The van der Waals surface area contributed by atoms with Crippen LogP contribution in [0.1, 0.15) is 44.6 Å². The number of rotatable bonds is 6. The Hall–Kier alpha value is -1.27. The lowest BCUT2D eigenvalue weighted by atomic mass is 9.93. The molecule has 0 spiro atoms. The van der Waals surface area contributed by atoms with E-state index in [1.807, 2.05) is 0 Å². The average Bonchev–Trinajstić information content (AvgIpc) is 2.47. The highest BCUT2D eigenvalue weighted by molar-refractivity contribution is 5.27. The van der Waals surface area contributed by atoms with Crippen LogP contribution in [-0.4, -0.2) is 35.1 Å². The van der Waals surface area contributed by atoms with Crippen molar-refractivity contribution in [2.24, 2.45) is 0 Å². The second kappa shape index (κ2) is 8.02. The topological polar surface area (TPSA) is 32.7 Å². The predicted octanol–water partition coefficient (Wildman–Crippen LogP) is 4.10. The van der Waals surface area contributed by atoms with Crippen LogP contribution in [0.15, 0.2) is 24.3 Å². The molecule has 0 bridgehead atoms. The summed E-state index contributed by atoms with van der Waals surface area (Å²) < 4.78 is 40.4. The van der Waals surface area contributed by atoms with E-state index in [9.17, 15) is 18.3 Å². The zero-order valence-electron chi connectivity index (χ0n) is 13.4. The minimum atomic E-state index is -4.66. The van der Waals surface area contributed by atoms with E-state index < -0.39 is 12.5 Å². The van der Waals surface area contributed by atoms with Crippen molar-refractivity contribution in [2.45, 2.75) is 64.1 Å². The predicted molar refractivity (Wildman–Crippen MR) is 82.1 cm³/mol. The van der Waals surface area contributed by atoms with Crippen LogP contribution in [0.5, 0.6) is 5.75 Å². The maximum absolute atomic E-state index is 12.2. The molecule has 1 aromatic rings. The summed E-state index contributed by atoms with van der Waals surface area (Å²) in [5.41, 5.74) is 0.922. The molecule has 3 nitrogen and oxygen atoms in total. The lowest BCUT2D eigenvalue weighted by Crippen LogP contribution is -2.40. The van der Waals surface area contributed by atoms with Gasteiger partial charge in [-0.05, 0) is 37.5 Å². The van der Waals surface area contributed by atoms with Gasteiger partial charge in [0.25, 0.3) is 0 Å². The fourth-order valence-electron chi connectivity index (χ4n) is 3.16. The number of alkyl halides is 3. The van der Waals surface area contributed by atoms with Crippen molar-refractivity contribution in [1.29, 1.82) is 0 Å². The van der Waals surface area contributed by atoms with E-state index in [0.717, 1.165) is 18.4 Å². The number of aliphatic hydroxyl groups excluding tert-OH is 1. The summed E-state index contributed by atoms with van der Waals surface area (Å²) in [5, 5.41) is 9.72. The van der Waals surface area contributed by atoms with E-state index in [0.29, 0.717) is 19.1 Å². The molecular weight excluding hydrogens is 307 g/mol. The van der Waals surface area contributed by atoms with Gasteiger partial charge in [-0.15, -0.1) is 13.2 Å². The molecule has 1 N–H and O–H groups in total. The lowest BCUT2D eigenvalue weighted by Gasteiger charge is -2.35. The summed E-state index contributed by atoms with van der Waals surface area (Å²) in [6, 6.07) is 6.41. The third-order valence-corrected chi connectivity index (χ3v) is 4.13. The van der Waals surface area contributed by atoms with Gasteiger partial charge in [-0.3, -0.25) is 4.90 Å². The van der Waals surface area contributed by atoms with Gasteiger partial charge in [0.2, 0.25) is 0 Å². The molecule has 2 rings (SSSR count). The Morgan fingerprint density at radius 3 is 2.30 bits per heavy atom. The smallest absolute Gasteiger partial charge is 0.406 e. The highest BCUT2D eigenvalue weighted by atomic mass is 19.4. The number of ether oxygens (including phenoxy) is 1. The molecule has 1 unspecified atom stereocenters. The quantitative estimate of drug-likeness (QED) is 0.852. The van der Waals surface area contributed by atoms with E-state index in [-0.39, 0.29) is 5.75 Å². The van der Waals surface area contributed by atoms with Crippen LogP contribution in [-0.2, 0) is 6.54 Å². The molecule has 1 aromatic carbocycles. The van der Waals surface area contributed by atoms with Gasteiger partial charge in [0, 0.05) is 19.1 Å². The number of nitrogens with zero attached hydrogens (tertiary/aromatic N) is 1. The van der Waals surface area contributed by atoms with Crippen molar-refractivity contribution in [2.75, 3.05) is 6.54 Å². The second-order valence-corrected chi connectivity index (χ2v) is 6.26. The van der Waals surface area contributed by atoms with Crippen molar-refractivity contribution in [1.82, 2.24) is 4.90 Å². The van der Waals surface area contributed by atoms with E-state index in [2.05, 4.69) is 9.64 Å². The van der Waals surface area contributed by atoms with Crippen molar-refractivity contribution >= 4 is 0 Å². The van der Waals surface area contributed by atoms with E-state index in [1.54, 1.807) is 19.1 Å². The Morgan fingerprint density at radius 2 is 1.78 bits per heavy atom. The largest absolute Gasteiger partial charge is 0.573 e. The summed E-state index contributed by atoms with van der Waals surface area (Å²) in [4.78, 5) is 2.24. The van der Waals surface area contributed by atoms with Gasteiger partial charge in [0.15, 0.2) is 0 Å². The fraction of sp³-hybridized carbons (Fsp3) is 0.647. The summed E-state index contributed by atoms with van der Waals surface area (Å²) in [7, 11) is 0. The number of halogens is 3. The minimum absolute atomic E-state index is 0.207. The molecule has 6 heteroatoms. The number of hydrogen-bond donors (Lipinski definition) is 1. The lowest BCUT2D eigenvalue weighted by molar-refractivity contribution is -0.274. The highest BCUT2D eigenvalue weighted by Crippen LogP contribution is 2.26.